The maximum atomic E-state index is 13.1. The number of amides is 1. The number of hydrogen-bond acceptors (Lipinski definition) is 3. The zero-order valence-electron chi connectivity index (χ0n) is 16.2. The summed E-state index contributed by atoms with van der Waals surface area (Å²) < 4.78 is 13.1. The Morgan fingerprint density at radius 2 is 1.48 bits per heavy atom. The SMILES string of the molecule is O=C(Nc1ccccc1)c1ccc(CN2CCN(c3ccc(F)cc3)CC2)cc1. The minimum atomic E-state index is -0.201. The van der Waals surface area contributed by atoms with Gasteiger partial charge in [0.2, 0.25) is 0 Å². The van der Waals surface area contributed by atoms with Crippen molar-refractivity contribution in [3.63, 3.8) is 0 Å². The first-order chi connectivity index (χ1) is 14.2. The highest BCUT2D eigenvalue weighted by Crippen LogP contribution is 2.18. The van der Waals surface area contributed by atoms with Gasteiger partial charge in [0, 0.05) is 49.7 Å². The lowest BCUT2D eigenvalue weighted by molar-refractivity contribution is 0.102. The molecule has 0 unspecified atom stereocenters. The number of nitrogens with zero attached hydrogens (tertiary/aromatic N) is 2. The van der Waals surface area contributed by atoms with Crippen LogP contribution in [0.2, 0.25) is 0 Å². The van der Waals surface area contributed by atoms with E-state index < -0.39 is 0 Å². The number of benzene rings is 3. The molecule has 3 aromatic rings. The summed E-state index contributed by atoms with van der Waals surface area (Å²) in [5.74, 6) is -0.302. The second kappa shape index (κ2) is 8.88. The Hall–Kier alpha value is -3.18. The highest BCUT2D eigenvalue weighted by atomic mass is 19.1. The normalized spacial score (nSPS) is 14.6. The van der Waals surface area contributed by atoms with Crippen LogP contribution in [0.1, 0.15) is 15.9 Å². The Morgan fingerprint density at radius 3 is 2.14 bits per heavy atom. The van der Waals surface area contributed by atoms with Crippen LogP contribution in [0.25, 0.3) is 0 Å². The van der Waals surface area contributed by atoms with Gasteiger partial charge in [0.1, 0.15) is 5.82 Å². The van der Waals surface area contributed by atoms with Gasteiger partial charge in [-0.25, -0.2) is 4.39 Å². The lowest BCUT2D eigenvalue weighted by Gasteiger charge is -2.36. The summed E-state index contributed by atoms with van der Waals surface area (Å²) in [7, 11) is 0. The first kappa shape index (κ1) is 19.2. The van der Waals surface area contributed by atoms with Gasteiger partial charge in [-0.05, 0) is 54.1 Å². The third-order valence-electron chi connectivity index (χ3n) is 5.22. The van der Waals surface area contributed by atoms with E-state index in [4.69, 9.17) is 0 Å². The molecule has 0 radical (unpaired) electrons. The largest absolute Gasteiger partial charge is 0.369 e. The van der Waals surface area contributed by atoms with Crippen LogP contribution in [0.5, 0.6) is 0 Å². The molecule has 0 aliphatic carbocycles. The van der Waals surface area contributed by atoms with Gasteiger partial charge in [0.15, 0.2) is 0 Å². The summed E-state index contributed by atoms with van der Waals surface area (Å²) in [6.45, 7) is 4.60. The van der Waals surface area contributed by atoms with Gasteiger partial charge in [-0.3, -0.25) is 9.69 Å². The Labute approximate surface area is 170 Å². The van der Waals surface area contributed by atoms with Crippen LogP contribution in [0, 0.1) is 5.82 Å². The van der Waals surface area contributed by atoms with Crippen LogP contribution >= 0.6 is 0 Å². The van der Waals surface area contributed by atoms with Crippen molar-refractivity contribution in [3.8, 4) is 0 Å². The summed E-state index contributed by atoms with van der Waals surface area (Å²) in [5, 5.41) is 2.90. The molecular formula is C24H24FN3O. The van der Waals surface area contributed by atoms with Gasteiger partial charge in [0.25, 0.3) is 5.91 Å². The molecule has 1 aliphatic heterocycles. The molecule has 5 heteroatoms. The van der Waals surface area contributed by atoms with E-state index in [2.05, 4.69) is 15.1 Å². The minimum Gasteiger partial charge on any atom is -0.369 e. The van der Waals surface area contributed by atoms with Crippen molar-refractivity contribution >= 4 is 17.3 Å². The number of nitrogens with one attached hydrogen (secondary N) is 1. The molecule has 4 rings (SSSR count). The van der Waals surface area contributed by atoms with Crippen molar-refractivity contribution in [1.29, 1.82) is 0 Å². The average molecular weight is 389 g/mol. The topological polar surface area (TPSA) is 35.6 Å². The number of anilines is 2. The van der Waals surface area contributed by atoms with Crippen molar-refractivity contribution < 1.29 is 9.18 Å². The predicted octanol–water partition coefficient (Wildman–Crippen LogP) is 4.40. The smallest absolute Gasteiger partial charge is 0.255 e. The fraction of sp³-hybridized carbons (Fsp3) is 0.208. The molecule has 0 aromatic heterocycles. The summed E-state index contributed by atoms with van der Waals surface area (Å²) in [4.78, 5) is 17.0. The molecule has 0 bridgehead atoms. The molecule has 1 fully saturated rings. The molecule has 1 heterocycles. The molecule has 3 aromatic carbocycles. The molecule has 29 heavy (non-hydrogen) atoms. The molecule has 1 amide bonds. The highest BCUT2D eigenvalue weighted by Gasteiger charge is 2.17. The van der Waals surface area contributed by atoms with Crippen LogP contribution in [0.15, 0.2) is 78.9 Å². The van der Waals surface area contributed by atoms with E-state index >= 15 is 0 Å². The number of hydrogen-bond donors (Lipinski definition) is 1. The predicted molar refractivity (Wildman–Crippen MR) is 115 cm³/mol. The van der Waals surface area contributed by atoms with Crippen molar-refractivity contribution in [1.82, 2.24) is 4.90 Å². The van der Waals surface area contributed by atoms with Crippen LogP contribution in [-0.2, 0) is 6.54 Å². The third-order valence-corrected chi connectivity index (χ3v) is 5.22. The van der Waals surface area contributed by atoms with Crippen molar-refractivity contribution in [3.05, 3.63) is 95.8 Å². The van der Waals surface area contributed by atoms with Crippen molar-refractivity contribution in [2.45, 2.75) is 6.54 Å². The fourth-order valence-corrected chi connectivity index (χ4v) is 3.56. The van der Waals surface area contributed by atoms with E-state index in [1.807, 2.05) is 66.7 Å². The number of halogens is 1. The molecule has 0 saturated carbocycles. The quantitative estimate of drug-likeness (QED) is 0.703. The van der Waals surface area contributed by atoms with Gasteiger partial charge in [-0.2, -0.15) is 0 Å². The van der Waals surface area contributed by atoms with Crippen LogP contribution in [-0.4, -0.2) is 37.0 Å². The maximum absolute atomic E-state index is 13.1. The number of carbonyl (C=O) groups is 1. The zero-order valence-corrected chi connectivity index (χ0v) is 16.2. The minimum absolute atomic E-state index is 0.101. The monoisotopic (exact) mass is 389 g/mol. The maximum Gasteiger partial charge on any atom is 0.255 e. The molecule has 1 N–H and O–H groups in total. The number of para-hydroxylation sites is 1. The van der Waals surface area contributed by atoms with Gasteiger partial charge in [0.05, 0.1) is 0 Å². The van der Waals surface area contributed by atoms with Gasteiger partial charge < -0.3 is 10.2 Å². The van der Waals surface area contributed by atoms with Crippen LogP contribution in [0.4, 0.5) is 15.8 Å². The first-order valence-electron chi connectivity index (χ1n) is 9.85. The summed E-state index contributed by atoms with van der Waals surface area (Å²) in [6, 6.07) is 24.0. The average Bonchev–Trinajstić information content (AvgIpc) is 2.76. The van der Waals surface area contributed by atoms with Crippen LogP contribution < -0.4 is 10.2 Å². The molecular weight excluding hydrogens is 365 g/mol. The lowest BCUT2D eigenvalue weighted by atomic mass is 10.1. The van der Waals surface area contributed by atoms with E-state index in [0.29, 0.717) is 5.56 Å². The van der Waals surface area contributed by atoms with Crippen molar-refractivity contribution in [2.24, 2.45) is 0 Å². The standard InChI is InChI=1S/C24H24FN3O/c25-21-10-12-23(13-11-21)28-16-14-27(15-17-28)18-19-6-8-20(9-7-19)24(29)26-22-4-2-1-3-5-22/h1-13H,14-18H2,(H,26,29). The van der Waals surface area contributed by atoms with E-state index in [9.17, 15) is 9.18 Å². The number of rotatable bonds is 5. The highest BCUT2D eigenvalue weighted by molar-refractivity contribution is 6.04. The molecule has 0 atom stereocenters. The van der Waals surface area contributed by atoms with E-state index in [0.717, 1.165) is 44.1 Å². The van der Waals surface area contributed by atoms with Gasteiger partial charge in [-0.15, -0.1) is 0 Å². The Morgan fingerprint density at radius 1 is 0.828 bits per heavy atom. The Kier molecular flexibility index (Phi) is 5.86. The second-order valence-corrected chi connectivity index (χ2v) is 7.26. The van der Waals surface area contributed by atoms with Gasteiger partial charge in [-0.1, -0.05) is 30.3 Å². The Bertz CT molecular complexity index is 934. The summed E-state index contributed by atoms with van der Waals surface area (Å²) >= 11 is 0. The molecule has 1 aliphatic rings. The van der Waals surface area contributed by atoms with E-state index in [1.165, 1.54) is 17.7 Å². The van der Waals surface area contributed by atoms with E-state index in [1.54, 1.807) is 0 Å². The molecule has 1 saturated heterocycles. The van der Waals surface area contributed by atoms with Crippen LogP contribution in [0.3, 0.4) is 0 Å². The first-order valence-corrected chi connectivity index (χ1v) is 9.85. The fourth-order valence-electron chi connectivity index (χ4n) is 3.56. The Balaban J connectivity index is 1.29. The zero-order chi connectivity index (χ0) is 20.1. The lowest BCUT2D eigenvalue weighted by Crippen LogP contribution is -2.45. The van der Waals surface area contributed by atoms with E-state index in [-0.39, 0.29) is 11.7 Å². The van der Waals surface area contributed by atoms with Gasteiger partial charge >= 0.3 is 0 Å². The summed E-state index contributed by atoms with van der Waals surface area (Å²) in [6.07, 6.45) is 0. The molecule has 4 nitrogen and oxygen atoms in total. The van der Waals surface area contributed by atoms with Crippen molar-refractivity contribution in [2.75, 3.05) is 36.4 Å². The third kappa shape index (κ3) is 5.00. The second-order valence-electron chi connectivity index (χ2n) is 7.26. The molecule has 0 spiro atoms. The molecule has 148 valence electrons. The summed E-state index contributed by atoms with van der Waals surface area (Å²) in [5.41, 5.74) is 3.70. The number of piperazine rings is 1. The number of carbonyl (C=O) groups excluding carboxylic acids is 1.